The SMILES string of the molecule is Cc1cccc(OCC(O)COC(C)C)c1[N+](=O)[O-]. The lowest BCUT2D eigenvalue weighted by molar-refractivity contribution is -0.386. The lowest BCUT2D eigenvalue weighted by Gasteiger charge is -2.14. The smallest absolute Gasteiger partial charge is 0.313 e. The number of para-hydroxylation sites is 1. The van der Waals surface area contributed by atoms with Gasteiger partial charge in [-0.15, -0.1) is 0 Å². The molecule has 19 heavy (non-hydrogen) atoms. The van der Waals surface area contributed by atoms with Gasteiger partial charge in [-0.2, -0.15) is 0 Å². The van der Waals surface area contributed by atoms with Gasteiger partial charge in [0.25, 0.3) is 0 Å². The number of hydrogen-bond acceptors (Lipinski definition) is 5. The number of benzene rings is 1. The van der Waals surface area contributed by atoms with Gasteiger partial charge < -0.3 is 14.6 Å². The fourth-order valence-corrected chi connectivity index (χ4v) is 1.52. The zero-order chi connectivity index (χ0) is 14.4. The van der Waals surface area contributed by atoms with Crippen LogP contribution in [0.2, 0.25) is 0 Å². The predicted octanol–water partition coefficient (Wildman–Crippen LogP) is 2.07. The van der Waals surface area contributed by atoms with Crippen LogP contribution in [-0.2, 0) is 4.74 Å². The number of nitro groups is 1. The standard InChI is InChI=1S/C13H19NO5/c1-9(2)18-7-11(15)8-19-12-6-4-5-10(3)13(12)14(16)17/h4-6,9,11,15H,7-8H2,1-3H3. The van der Waals surface area contributed by atoms with Crippen LogP contribution < -0.4 is 4.74 Å². The Hall–Kier alpha value is -1.66. The van der Waals surface area contributed by atoms with Crippen molar-refractivity contribution in [2.24, 2.45) is 0 Å². The van der Waals surface area contributed by atoms with E-state index in [-0.39, 0.29) is 30.8 Å². The van der Waals surface area contributed by atoms with Crippen LogP contribution in [0.5, 0.6) is 5.75 Å². The highest BCUT2D eigenvalue weighted by Gasteiger charge is 2.19. The van der Waals surface area contributed by atoms with E-state index < -0.39 is 11.0 Å². The van der Waals surface area contributed by atoms with E-state index in [0.29, 0.717) is 5.56 Å². The number of aliphatic hydroxyl groups excluding tert-OH is 1. The second-order valence-electron chi connectivity index (χ2n) is 4.53. The van der Waals surface area contributed by atoms with Crippen molar-refractivity contribution in [2.75, 3.05) is 13.2 Å². The molecule has 0 aliphatic carbocycles. The minimum absolute atomic E-state index is 0.0166. The van der Waals surface area contributed by atoms with Gasteiger partial charge in [-0.25, -0.2) is 0 Å². The molecule has 1 N–H and O–H groups in total. The summed E-state index contributed by atoms with van der Waals surface area (Å²) in [6, 6.07) is 4.83. The summed E-state index contributed by atoms with van der Waals surface area (Å²) in [7, 11) is 0. The molecule has 0 saturated heterocycles. The van der Waals surface area contributed by atoms with Gasteiger partial charge in [-0.1, -0.05) is 12.1 Å². The van der Waals surface area contributed by atoms with Crippen molar-refractivity contribution < 1.29 is 19.5 Å². The van der Waals surface area contributed by atoms with Crippen LogP contribution in [0.4, 0.5) is 5.69 Å². The molecule has 0 fully saturated rings. The molecular weight excluding hydrogens is 250 g/mol. The van der Waals surface area contributed by atoms with Crippen LogP contribution in [0.3, 0.4) is 0 Å². The number of hydrogen-bond donors (Lipinski definition) is 1. The number of aryl methyl sites for hydroxylation is 1. The maximum Gasteiger partial charge on any atom is 0.313 e. The first kappa shape index (κ1) is 15.4. The molecule has 106 valence electrons. The highest BCUT2D eigenvalue weighted by molar-refractivity contribution is 5.52. The molecule has 0 saturated carbocycles. The summed E-state index contributed by atoms with van der Waals surface area (Å²) in [6.07, 6.45) is -0.800. The minimum atomic E-state index is -0.817. The first-order valence-corrected chi connectivity index (χ1v) is 6.08. The lowest BCUT2D eigenvalue weighted by Crippen LogP contribution is -2.25. The van der Waals surface area contributed by atoms with E-state index in [9.17, 15) is 15.2 Å². The molecule has 0 heterocycles. The Labute approximate surface area is 112 Å². The van der Waals surface area contributed by atoms with Crippen molar-refractivity contribution in [3.8, 4) is 5.75 Å². The van der Waals surface area contributed by atoms with Crippen molar-refractivity contribution in [1.82, 2.24) is 0 Å². The summed E-state index contributed by atoms with van der Waals surface area (Å²) in [5, 5.41) is 20.6. The minimum Gasteiger partial charge on any atom is -0.484 e. The molecular formula is C13H19NO5. The third-order valence-electron chi connectivity index (χ3n) is 2.44. The summed E-state index contributed by atoms with van der Waals surface area (Å²) >= 11 is 0. The summed E-state index contributed by atoms with van der Waals surface area (Å²) in [5.74, 6) is 0.161. The van der Waals surface area contributed by atoms with Gasteiger partial charge in [0.1, 0.15) is 12.7 Å². The van der Waals surface area contributed by atoms with Gasteiger partial charge in [-0.3, -0.25) is 10.1 Å². The van der Waals surface area contributed by atoms with E-state index in [1.165, 1.54) is 6.07 Å². The molecule has 6 heteroatoms. The van der Waals surface area contributed by atoms with E-state index in [4.69, 9.17) is 9.47 Å². The first-order chi connectivity index (χ1) is 8.91. The van der Waals surface area contributed by atoms with Crippen LogP contribution in [0.15, 0.2) is 18.2 Å². The predicted molar refractivity (Wildman–Crippen MR) is 70.4 cm³/mol. The van der Waals surface area contributed by atoms with Gasteiger partial charge in [-0.05, 0) is 26.8 Å². The molecule has 0 bridgehead atoms. The number of aliphatic hydroxyl groups is 1. The Balaban J connectivity index is 2.63. The van der Waals surface area contributed by atoms with Gasteiger partial charge in [0, 0.05) is 5.56 Å². The highest BCUT2D eigenvalue weighted by Crippen LogP contribution is 2.30. The molecule has 0 radical (unpaired) electrons. The third-order valence-corrected chi connectivity index (χ3v) is 2.44. The zero-order valence-corrected chi connectivity index (χ0v) is 11.3. The molecule has 0 aliphatic heterocycles. The number of nitrogens with zero attached hydrogens (tertiary/aromatic N) is 1. The van der Waals surface area contributed by atoms with E-state index in [1.54, 1.807) is 19.1 Å². The molecule has 0 amide bonds. The quantitative estimate of drug-likeness (QED) is 0.605. The second kappa shape index (κ2) is 7.06. The third kappa shape index (κ3) is 4.84. The fraction of sp³-hybridized carbons (Fsp3) is 0.538. The van der Waals surface area contributed by atoms with Crippen molar-refractivity contribution in [3.05, 3.63) is 33.9 Å². The second-order valence-corrected chi connectivity index (χ2v) is 4.53. The highest BCUT2D eigenvalue weighted by atomic mass is 16.6. The molecule has 1 aromatic rings. The molecule has 0 aromatic heterocycles. The van der Waals surface area contributed by atoms with E-state index >= 15 is 0 Å². The van der Waals surface area contributed by atoms with Gasteiger partial charge in [0.15, 0.2) is 5.75 Å². The maximum absolute atomic E-state index is 10.9. The van der Waals surface area contributed by atoms with Crippen molar-refractivity contribution in [3.63, 3.8) is 0 Å². The van der Waals surface area contributed by atoms with Crippen molar-refractivity contribution in [2.45, 2.75) is 33.0 Å². The number of ether oxygens (including phenoxy) is 2. The van der Waals surface area contributed by atoms with Crippen LogP contribution in [-0.4, -0.2) is 35.5 Å². The molecule has 1 unspecified atom stereocenters. The Morgan fingerprint density at radius 2 is 2.05 bits per heavy atom. The van der Waals surface area contributed by atoms with Gasteiger partial charge >= 0.3 is 5.69 Å². The van der Waals surface area contributed by atoms with Crippen LogP contribution >= 0.6 is 0 Å². The van der Waals surface area contributed by atoms with Crippen LogP contribution in [0, 0.1) is 17.0 Å². The van der Waals surface area contributed by atoms with Gasteiger partial charge in [0.05, 0.1) is 17.6 Å². The largest absolute Gasteiger partial charge is 0.484 e. The topological polar surface area (TPSA) is 81.8 Å². The molecule has 1 rings (SSSR count). The summed E-state index contributed by atoms with van der Waals surface area (Å²) in [6.45, 7) is 5.45. The molecule has 1 aromatic carbocycles. The van der Waals surface area contributed by atoms with E-state index in [1.807, 2.05) is 13.8 Å². The Morgan fingerprint density at radius 3 is 2.63 bits per heavy atom. The van der Waals surface area contributed by atoms with Gasteiger partial charge in [0.2, 0.25) is 0 Å². The normalized spacial score (nSPS) is 12.5. The number of nitro benzene ring substituents is 1. The van der Waals surface area contributed by atoms with Crippen molar-refractivity contribution >= 4 is 5.69 Å². The summed E-state index contributed by atoms with van der Waals surface area (Å²) in [5.41, 5.74) is 0.454. The molecule has 0 spiro atoms. The lowest BCUT2D eigenvalue weighted by atomic mass is 10.2. The molecule has 0 aliphatic rings. The van der Waals surface area contributed by atoms with Crippen molar-refractivity contribution in [1.29, 1.82) is 0 Å². The zero-order valence-electron chi connectivity index (χ0n) is 11.3. The molecule has 6 nitrogen and oxygen atoms in total. The monoisotopic (exact) mass is 269 g/mol. The summed E-state index contributed by atoms with van der Waals surface area (Å²) in [4.78, 5) is 10.5. The average Bonchev–Trinajstić information content (AvgIpc) is 2.33. The van der Waals surface area contributed by atoms with E-state index in [2.05, 4.69) is 0 Å². The van der Waals surface area contributed by atoms with Crippen LogP contribution in [0.1, 0.15) is 19.4 Å². The Morgan fingerprint density at radius 1 is 1.37 bits per heavy atom. The van der Waals surface area contributed by atoms with E-state index in [0.717, 1.165) is 0 Å². The first-order valence-electron chi connectivity index (χ1n) is 6.08. The van der Waals surface area contributed by atoms with Crippen LogP contribution in [0.25, 0.3) is 0 Å². The Bertz CT molecular complexity index is 433. The average molecular weight is 269 g/mol. The fourth-order valence-electron chi connectivity index (χ4n) is 1.52. The maximum atomic E-state index is 10.9. The Kier molecular flexibility index (Phi) is 5.72. The number of rotatable bonds is 7. The summed E-state index contributed by atoms with van der Waals surface area (Å²) < 4.78 is 10.5. The molecule has 1 atom stereocenters.